The zero-order chi connectivity index (χ0) is 10.1. The van der Waals surface area contributed by atoms with Crippen LogP contribution in [0.4, 0.5) is 0 Å². The maximum atomic E-state index is 5.75. The van der Waals surface area contributed by atoms with Crippen LogP contribution in [0.3, 0.4) is 0 Å². The molecule has 2 heterocycles. The van der Waals surface area contributed by atoms with Crippen LogP contribution in [-0.2, 0) is 7.05 Å². The van der Waals surface area contributed by atoms with Gasteiger partial charge in [0.15, 0.2) is 5.82 Å². The van der Waals surface area contributed by atoms with Crippen LogP contribution in [0.15, 0.2) is 18.5 Å². The van der Waals surface area contributed by atoms with E-state index in [1.54, 1.807) is 30.2 Å². The van der Waals surface area contributed by atoms with Crippen LogP contribution in [0.2, 0.25) is 10.3 Å². The van der Waals surface area contributed by atoms with Crippen molar-refractivity contribution in [2.75, 3.05) is 0 Å². The summed E-state index contributed by atoms with van der Waals surface area (Å²) in [5.74, 6) is 0.582. The molecule has 0 aliphatic rings. The molecule has 0 radical (unpaired) electrons. The molecular weight excluding hydrogens is 223 g/mol. The SMILES string of the molecule is Cn1cnc(-c2cc(Cl)nc(Cl)c2)n1. The average molecular weight is 229 g/mol. The fourth-order valence-electron chi connectivity index (χ4n) is 1.07. The largest absolute Gasteiger partial charge is 0.255 e. The third-order valence-electron chi connectivity index (χ3n) is 1.62. The second-order valence-electron chi connectivity index (χ2n) is 2.74. The molecule has 0 saturated heterocycles. The number of hydrogen-bond acceptors (Lipinski definition) is 3. The van der Waals surface area contributed by atoms with Crippen molar-refractivity contribution in [3.63, 3.8) is 0 Å². The van der Waals surface area contributed by atoms with Crippen molar-refractivity contribution in [2.24, 2.45) is 7.05 Å². The number of halogens is 2. The lowest BCUT2D eigenvalue weighted by Crippen LogP contribution is -1.88. The number of pyridine rings is 1. The maximum absolute atomic E-state index is 5.75. The molecule has 4 nitrogen and oxygen atoms in total. The van der Waals surface area contributed by atoms with Crippen LogP contribution < -0.4 is 0 Å². The summed E-state index contributed by atoms with van der Waals surface area (Å²) in [7, 11) is 1.79. The first-order chi connectivity index (χ1) is 6.65. The molecule has 0 saturated carbocycles. The van der Waals surface area contributed by atoms with E-state index in [9.17, 15) is 0 Å². The van der Waals surface area contributed by atoms with Gasteiger partial charge in [0.05, 0.1) is 0 Å². The summed E-state index contributed by atoms with van der Waals surface area (Å²) >= 11 is 11.5. The van der Waals surface area contributed by atoms with Crippen molar-refractivity contribution < 1.29 is 0 Å². The van der Waals surface area contributed by atoms with E-state index < -0.39 is 0 Å². The fourth-order valence-corrected chi connectivity index (χ4v) is 1.53. The Morgan fingerprint density at radius 3 is 2.36 bits per heavy atom. The highest BCUT2D eigenvalue weighted by Crippen LogP contribution is 2.21. The number of aromatic nitrogens is 4. The van der Waals surface area contributed by atoms with Crippen molar-refractivity contribution in [3.05, 3.63) is 28.8 Å². The number of hydrogen-bond donors (Lipinski definition) is 0. The first-order valence-electron chi connectivity index (χ1n) is 3.84. The van der Waals surface area contributed by atoms with Crippen LogP contribution in [-0.4, -0.2) is 19.7 Å². The number of aryl methyl sites for hydroxylation is 1. The van der Waals surface area contributed by atoms with Crippen LogP contribution in [0.25, 0.3) is 11.4 Å². The van der Waals surface area contributed by atoms with Gasteiger partial charge in [-0.1, -0.05) is 23.2 Å². The molecule has 0 N–H and O–H groups in total. The van der Waals surface area contributed by atoms with Gasteiger partial charge < -0.3 is 0 Å². The quantitative estimate of drug-likeness (QED) is 0.704. The standard InChI is InChI=1S/C8H6Cl2N4/c1-14-4-11-8(13-14)5-2-6(9)12-7(10)3-5/h2-4H,1H3. The highest BCUT2D eigenvalue weighted by molar-refractivity contribution is 6.32. The average Bonchev–Trinajstić information content (AvgIpc) is 2.50. The summed E-state index contributed by atoms with van der Waals surface area (Å²) in [5.41, 5.74) is 0.760. The molecule has 2 aromatic heterocycles. The molecule has 0 aromatic carbocycles. The molecule has 0 spiro atoms. The second-order valence-corrected chi connectivity index (χ2v) is 3.52. The molecular formula is C8H6Cl2N4. The van der Waals surface area contributed by atoms with E-state index >= 15 is 0 Å². The van der Waals surface area contributed by atoms with Gasteiger partial charge in [0.25, 0.3) is 0 Å². The molecule has 0 unspecified atom stereocenters. The third-order valence-corrected chi connectivity index (χ3v) is 2.01. The molecule has 6 heteroatoms. The lowest BCUT2D eigenvalue weighted by Gasteiger charge is -1.96. The Morgan fingerprint density at radius 1 is 1.21 bits per heavy atom. The summed E-state index contributed by atoms with van der Waals surface area (Å²) in [5, 5.41) is 4.79. The summed E-state index contributed by atoms with van der Waals surface area (Å²) in [6.07, 6.45) is 1.61. The van der Waals surface area contributed by atoms with E-state index in [0.29, 0.717) is 16.1 Å². The van der Waals surface area contributed by atoms with E-state index in [1.807, 2.05) is 0 Å². The van der Waals surface area contributed by atoms with Crippen molar-refractivity contribution in [2.45, 2.75) is 0 Å². The maximum Gasteiger partial charge on any atom is 0.181 e. The first kappa shape index (κ1) is 9.43. The highest BCUT2D eigenvalue weighted by atomic mass is 35.5. The Bertz CT molecular complexity index is 446. The Morgan fingerprint density at radius 2 is 1.86 bits per heavy atom. The molecule has 0 fully saturated rings. The number of rotatable bonds is 1. The highest BCUT2D eigenvalue weighted by Gasteiger charge is 2.05. The van der Waals surface area contributed by atoms with E-state index in [1.165, 1.54) is 0 Å². The van der Waals surface area contributed by atoms with E-state index in [0.717, 1.165) is 5.56 Å². The zero-order valence-corrected chi connectivity index (χ0v) is 8.79. The Labute approximate surface area is 90.5 Å². The Hall–Kier alpha value is -1.13. The zero-order valence-electron chi connectivity index (χ0n) is 7.28. The van der Waals surface area contributed by atoms with Crippen LogP contribution in [0, 0.1) is 0 Å². The van der Waals surface area contributed by atoms with Gasteiger partial charge in [0, 0.05) is 12.6 Å². The predicted octanol–water partition coefficient (Wildman–Crippen LogP) is 2.18. The minimum atomic E-state index is 0.333. The monoisotopic (exact) mass is 228 g/mol. The van der Waals surface area contributed by atoms with Crippen molar-refractivity contribution in [1.82, 2.24) is 19.7 Å². The number of nitrogens with zero attached hydrogens (tertiary/aromatic N) is 4. The van der Waals surface area contributed by atoms with Crippen LogP contribution in [0.5, 0.6) is 0 Å². The topological polar surface area (TPSA) is 43.6 Å². The van der Waals surface area contributed by atoms with Gasteiger partial charge in [0.2, 0.25) is 0 Å². The lowest BCUT2D eigenvalue weighted by atomic mass is 10.2. The summed E-state index contributed by atoms with van der Waals surface area (Å²) in [6.45, 7) is 0. The Balaban J connectivity index is 2.51. The van der Waals surface area contributed by atoms with Gasteiger partial charge in [-0.25, -0.2) is 9.97 Å². The van der Waals surface area contributed by atoms with E-state index in [-0.39, 0.29) is 0 Å². The summed E-state index contributed by atoms with van der Waals surface area (Å²) in [4.78, 5) is 7.91. The van der Waals surface area contributed by atoms with Gasteiger partial charge in [0.1, 0.15) is 16.6 Å². The minimum Gasteiger partial charge on any atom is -0.255 e. The van der Waals surface area contributed by atoms with E-state index in [4.69, 9.17) is 23.2 Å². The molecule has 0 bridgehead atoms. The minimum absolute atomic E-state index is 0.333. The van der Waals surface area contributed by atoms with Gasteiger partial charge in [-0.2, -0.15) is 5.10 Å². The third kappa shape index (κ3) is 1.86. The van der Waals surface area contributed by atoms with Crippen LogP contribution >= 0.6 is 23.2 Å². The molecule has 2 aromatic rings. The predicted molar refractivity (Wildman–Crippen MR) is 54.3 cm³/mol. The van der Waals surface area contributed by atoms with Gasteiger partial charge in [-0.3, -0.25) is 4.68 Å². The molecule has 0 atom stereocenters. The first-order valence-corrected chi connectivity index (χ1v) is 4.60. The van der Waals surface area contributed by atoms with Gasteiger partial charge in [-0.15, -0.1) is 0 Å². The van der Waals surface area contributed by atoms with E-state index in [2.05, 4.69) is 15.1 Å². The molecule has 2 rings (SSSR count). The van der Waals surface area contributed by atoms with Gasteiger partial charge >= 0.3 is 0 Å². The van der Waals surface area contributed by atoms with Crippen molar-refractivity contribution in [3.8, 4) is 11.4 Å². The lowest BCUT2D eigenvalue weighted by molar-refractivity contribution is 0.768. The van der Waals surface area contributed by atoms with Gasteiger partial charge in [-0.05, 0) is 12.1 Å². The van der Waals surface area contributed by atoms with Crippen molar-refractivity contribution in [1.29, 1.82) is 0 Å². The fraction of sp³-hybridized carbons (Fsp3) is 0.125. The molecule has 72 valence electrons. The molecule has 0 aliphatic heterocycles. The normalized spacial score (nSPS) is 10.5. The summed E-state index contributed by atoms with van der Waals surface area (Å²) in [6, 6.07) is 3.34. The Kier molecular flexibility index (Phi) is 2.39. The smallest absolute Gasteiger partial charge is 0.181 e. The molecule has 0 aliphatic carbocycles. The van der Waals surface area contributed by atoms with Crippen molar-refractivity contribution >= 4 is 23.2 Å². The molecule has 0 amide bonds. The van der Waals surface area contributed by atoms with Crippen LogP contribution in [0.1, 0.15) is 0 Å². The summed E-state index contributed by atoms with van der Waals surface area (Å²) < 4.78 is 1.61. The second kappa shape index (κ2) is 3.55. The molecule has 14 heavy (non-hydrogen) atoms.